The molecule has 5 rings (SSSR count). The van der Waals surface area contributed by atoms with Gasteiger partial charge in [-0.2, -0.15) is 0 Å². The van der Waals surface area contributed by atoms with E-state index in [1.54, 1.807) is 38.5 Å². The van der Waals surface area contributed by atoms with Crippen LogP contribution in [0, 0.1) is 35.5 Å². The van der Waals surface area contributed by atoms with Crippen LogP contribution >= 0.6 is 0 Å². The van der Waals surface area contributed by atoms with Crippen molar-refractivity contribution in [1.82, 2.24) is 0 Å². The molecular formula is C19H24. The molecule has 0 nitrogen and oxygen atoms in total. The standard InChI is InChI=1S/C11H18.C8H6/c1-11-5-8-2-9(6-11)4-10(3-8)7-11;1-2-8-6-4-3-5-7-8/h8-10H,2-7H2,1H3;1,3-7H. The Bertz CT molecular complexity index is 427. The van der Waals surface area contributed by atoms with Crippen molar-refractivity contribution in [3.63, 3.8) is 0 Å². The van der Waals surface area contributed by atoms with Crippen molar-refractivity contribution in [3.8, 4) is 12.3 Å². The van der Waals surface area contributed by atoms with Crippen LogP contribution in [-0.4, -0.2) is 0 Å². The second kappa shape index (κ2) is 5.04. The van der Waals surface area contributed by atoms with Crippen LogP contribution in [0.25, 0.3) is 0 Å². The molecule has 19 heavy (non-hydrogen) atoms. The second-order valence-corrected chi connectivity index (χ2v) is 7.24. The lowest BCUT2D eigenvalue weighted by atomic mass is 9.50. The molecule has 0 spiro atoms. The van der Waals surface area contributed by atoms with E-state index in [-0.39, 0.29) is 0 Å². The van der Waals surface area contributed by atoms with Crippen molar-refractivity contribution in [1.29, 1.82) is 0 Å². The summed E-state index contributed by atoms with van der Waals surface area (Å²) in [6, 6.07) is 9.60. The summed E-state index contributed by atoms with van der Waals surface area (Å²) in [4.78, 5) is 0. The molecule has 1 aromatic rings. The molecule has 4 fully saturated rings. The molecule has 4 aliphatic carbocycles. The number of hydrogen-bond donors (Lipinski definition) is 0. The van der Waals surface area contributed by atoms with Gasteiger partial charge in [-0.05, 0) is 73.8 Å². The van der Waals surface area contributed by atoms with E-state index >= 15 is 0 Å². The largest absolute Gasteiger partial charge is 0.115 e. The first-order chi connectivity index (χ1) is 9.17. The van der Waals surface area contributed by atoms with Crippen LogP contribution in [0.5, 0.6) is 0 Å². The zero-order chi connectivity index (χ0) is 13.3. The Morgan fingerprint density at radius 2 is 1.42 bits per heavy atom. The topological polar surface area (TPSA) is 0 Å². The quantitative estimate of drug-likeness (QED) is 0.577. The highest BCUT2D eigenvalue weighted by Crippen LogP contribution is 2.59. The van der Waals surface area contributed by atoms with E-state index in [2.05, 4.69) is 12.8 Å². The molecule has 0 N–H and O–H groups in total. The number of benzene rings is 1. The van der Waals surface area contributed by atoms with E-state index in [0.717, 1.165) is 28.7 Å². The van der Waals surface area contributed by atoms with Gasteiger partial charge in [0.1, 0.15) is 0 Å². The molecule has 0 heterocycles. The monoisotopic (exact) mass is 252 g/mol. The maximum atomic E-state index is 5.10. The van der Waals surface area contributed by atoms with Crippen molar-refractivity contribution in [2.45, 2.75) is 45.4 Å². The lowest BCUT2D eigenvalue weighted by Gasteiger charge is -2.55. The van der Waals surface area contributed by atoms with Crippen LogP contribution in [-0.2, 0) is 0 Å². The molecule has 100 valence electrons. The lowest BCUT2D eigenvalue weighted by Crippen LogP contribution is -2.44. The van der Waals surface area contributed by atoms with Gasteiger partial charge in [-0.3, -0.25) is 0 Å². The summed E-state index contributed by atoms with van der Waals surface area (Å²) in [6.45, 7) is 2.54. The van der Waals surface area contributed by atoms with Crippen molar-refractivity contribution in [2.24, 2.45) is 23.2 Å². The Morgan fingerprint density at radius 1 is 0.947 bits per heavy atom. The van der Waals surface area contributed by atoms with Gasteiger partial charge in [0.25, 0.3) is 0 Å². The van der Waals surface area contributed by atoms with E-state index in [9.17, 15) is 0 Å². The minimum Gasteiger partial charge on any atom is -0.115 e. The zero-order valence-corrected chi connectivity index (χ0v) is 11.9. The first-order valence-electron chi connectivity index (χ1n) is 7.68. The van der Waals surface area contributed by atoms with Crippen LogP contribution < -0.4 is 0 Å². The van der Waals surface area contributed by atoms with Crippen molar-refractivity contribution >= 4 is 0 Å². The van der Waals surface area contributed by atoms with Crippen LogP contribution in [0.3, 0.4) is 0 Å². The fraction of sp³-hybridized carbons (Fsp3) is 0.579. The molecule has 0 atom stereocenters. The van der Waals surface area contributed by atoms with Gasteiger partial charge in [0, 0.05) is 5.56 Å². The summed E-state index contributed by atoms with van der Waals surface area (Å²) < 4.78 is 0. The number of rotatable bonds is 0. The predicted molar refractivity (Wildman–Crippen MR) is 80.7 cm³/mol. The Hall–Kier alpha value is -1.22. The van der Waals surface area contributed by atoms with Gasteiger partial charge in [0.05, 0.1) is 0 Å². The highest BCUT2D eigenvalue weighted by Gasteiger charge is 2.48. The Labute approximate surface area is 117 Å². The Kier molecular flexibility index (Phi) is 3.40. The van der Waals surface area contributed by atoms with E-state index in [1.807, 2.05) is 30.3 Å². The summed E-state index contributed by atoms with van der Waals surface area (Å²) in [5.41, 5.74) is 1.74. The van der Waals surface area contributed by atoms with E-state index < -0.39 is 0 Å². The highest BCUT2D eigenvalue weighted by atomic mass is 14.5. The Balaban J connectivity index is 0.000000123. The molecule has 0 saturated heterocycles. The highest BCUT2D eigenvalue weighted by molar-refractivity contribution is 5.30. The first kappa shape index (κ1) is 12.8. The van der Waals surface area contributed by atoms with Crippen LogP contribution in [0.15, 0.2) is 30.3 Å². The van der Waals surface area contributed by atoms with Crippen molar-refractivity contribution in [3.05, 3.63) is 35.9 Å². The van der Waals surface area contributed by atoms with Gasteiger partial charge in [-0.1, -0.05) is 31.0 Å². The van der Waals surface area contributed by atoms with Crippen molar-refractivity contribution < 1.29 is 0 Å². The van der Waals surface area contributed by atoms with Gasteiger partial charge in [-0.25, -0.2) is 0 Å². The van der Waals surface area contributed by atoms with E-state index in [1.165, 1.54) is 0 Å². The first-order valence-corrected chi connectivity index (χ1v) is 7.68. The van der Waals surface area contributed by atoms with E-state index in [0.29, 0.717) is 0 Å². The summed E-state index contributed by atoms with van der Waals surface area (Å²) in [6.07, 6.45) is 14.6. The SMILES string of the molecule is C#Cc1ccccc1.CC12CC3CC(CC(C3)C1)C2. The van der Waals surface area contributed by atoms with Crippen LogP contribution in [0.4, 0.5) is 0 Å². The summed E-state index contributed by atoms with van der Waals surface area (Å²) in [5, 5.41) is 0. The maximum Gasteiger partial charge on any atom is 0.0242 e. The molecule has 0 heteroatoms. The fourth-order valence-electron chi connectivity index (χ4n) is 5.08. The molecule has 0 amide bonds. The third kappa shape index (κ3) is 2.86. The Morgan fingerprint density at radius 3 is 1.74 bits per heavy atom. The average Bonchev–Trinajstić information content (AvgIpc) is 2.37. The molecule has 0 aliphatic heterocycles. The lowest BCUT2D eigenvalue weighted by molar-refractivity contribution is -0.0411. The molecule has 0 unspecified atom stereocenters. The summed E-state index contributed by atoms with van der Waals surface area (Å²) in [7, 11) is 0. The molecule has 1 aromatic carbocycles. The van der Waals surface area contributed by atoms with Crippen LogP contribution in [0.1, 0.15) is 51.0 Å². The minimum absolute atomic E-state index is 0.800. The molecule has 0 aromatic heterocycles. The van der Waals surface area contributed by atoms with Gasteiger partial charge in [0.2, 0.25) is 0 Å². The molecule has 4 saturated carbocycles. The molecule has 4 aliphatic rings. The molecular weight excluding hydrogens is 228 g/mol. The third-order valence-electron chi connectivity index (χ3n) is 5.28. The molecule has 4 bridgehead atoms. The van der Waals surface area contributed by atoms with Crippen LogP contribution in [0.2, 0.25) is 0 Å². The zero-order valence-electron chi connectivity index (χ0n) is 11.9. The van der Waals surface area contributed by atoms with Gasteiger partial charge < -0.3 is 0 Å². The fourth-order valence-corrected chi connectivity index (χ4v) is 5.08. The summed E-state index contributed by atoms with van der Waals surface area (Å²) in [5.74, 6) is 5.96. The third-order valence-corrected chi connectivity index (χ3v) is 5.28. The number of terminal acetylenes is 1. The number of hydrogen-bond acceptors (Lipinski definition) is 0. The van der Waals surface area contributed by atoms with E-state index in [4.69, 9.17) is 6.42 Å². The van der Waals surface area contributed by atoms with Gasteiger partial charge in [0.15, 0.2) is 0 Å². The summed E-state index contributed by atoms with van der Waals surface area (Å²) >= 11 is 0. The van der Waals surface area contributed by atoms with Gasteiger partial charge >= 0.3 is 0 Å². The maximum absolute atomic E-state index is 5.10. The second-order valence-electron chi connectivity index (χ2n) is 7.24. The minimum atomic E-state index is 0.800. The average molecular weight is 252 g/mol. The smallest absolute Gasteiger partial charge is 0.0242 e. The molecule has 0 radical (unpaired) electrons. The van der Waals surface area contributed by atoms with Crippen molar-refractivity contribution in [2.75, 3.05) is 0 Å². The van der Waals surface area contributed by atoms with Gasteiger partial charge in [-0.15, -0.1) is 6.42 Å². The predicted octanol–water partition coefficient (Wildman–Crippen LogP) is 4.89. The normalized spacial score (nSPS) is 38.2.